The molecular formula is C22H23ClN2O5. The first-order valence-electron chi connectivity index (χ1n) is 9.67. The highest BCUT2D eigenvalue weighted by Crippen LogP contribution is 2.49. The molecule has 2 heterocycles. The number of fused-ring (bicyclic) bond motifs is 1. The Bertz CT molecular complexity index is 978. The van der Waals surface area contributed by atoms with Crippen molar-refractivity contribution in [3.63, 3.8) is 0 Å². The molecule has 0 unspecified atom stereocenters. The van der Waals surface area contributed by atoms with E-state index in [2.05, 4.69) is 0 Å². The topological polar surface area (TPSA) is 68.3 Å². The number of amides is 2. The fourth-order valence-corrected chi connectivity index (χ4v) is 4.26. The third-order valence-electron chi connectivity index (χ3n) is 5.51. The predicted octanol–water partition coefficient (Wildman–Crippen LogP) is 3.61. The standard InChI is InChI=1S/C22H23ClN2O5/c1-12(2)24-21(26)18-19(16-10-9-15(28-3)11-17(16)29-4)25(30-20(18)22(24)27)14-7-5-13(23)6-8-14/h5-12,18-20H,1-4H3/t18-,19+,20-/m0/s1. The van der Waals surface area contributed by atoms with Gasteiger partial charge in [0.1, 0.15) is 17.4 Å². The molecule has 0 bridgehead atoms. The average molecular weight is 431 g/mol. The second kappa shape index (κ2) is 7.81. The average Bonchev–Trinajstić information content (AvgIpc) is 3.24. The van der Waals surface area contributed by atoms with Crippen molar-refractivity contribution >= 4 is 29.1 Å². The monoisotopic (exact) mass is 430 g/mol. The van der Waals surface area contributed by atoms with Gasteiger partial charge in [-0.05, 0) is 50.2 Å². The molecule has 0 aliphatic carbocycles. The molecule has 2 saturated heterocycles. The van der Waals surface area contributed by atoms with E-state index in [1.54, 1.807) is 55.7 Å². The van der Waals surface area contributed by atoms with Crippen LogP contribution in [0.4, 0.5) is 5.69 Å². The lowest BCUT2D eigenvalue weighted by Gasteiger charge is -2.30. The van der Waals surface area contributed by atoms with Gasteiger partial charge in [-0.15, -0.1) is 0 Å². The number of hydrogen-bond acceptors (Lipinski definition) is 6. The number of benzene rings is 2. The quantitative estimate of drug-likeness (QED) is 0.675. The van der Waals surface area contributed by atoms with Gasteiger partial charge in [-0.1, -0.05) is 11.6 Å². The normalized spacial score (nSPS) is 23.3. The van der Waals surface area contributed by atoms with E-state index in [1.807, 2.05) is 19.9 Å². The maximum absolute atomic E-state index is 13.3. The van der Waals surface area contributed by atoms with Gasteiger partial charge in [0.2, 0.25) is 5.91 Å². The summed E-state index contributed by atoms with van der Waals surface area (Å²) in [5.41, 5.74) is 1.42. The Kier molecular flexibility index (Phi) is 5.34. The SMILES string of the molecule is COc1ccc([C@@H]2[C@@H]3C(=O)N(C(C)C)C(=O)[C@H]3ON2c2ccc(Cl)cc2)c(OC)c1. The molecule has 2 aliphatic rings. The minimum absolute atomic E-state index is 0.249. The first-order valence-corrected chi connectivity index (χ1v) is 10.1. The molecular weight excluding hydrogens is 408 g/mol. The van der Waals surface area contributed by atoms with Crippen LogP contribution in [0.25, 0.3) is 0 Å². The van der Waals surface area contributed by atoms with Gasteiger partial charge in [0, 0.05) is 22.7 Å². The molecule has 0 aromatic heterocycles. The van der Waals surface area contributed by atoms with Gasteiger partial charge in [0.05, 0.1) is 25.9 Å². The number of hydrogen-bond donors (Lipinski definition) is 0. The number of carbonyl (C=O) groups is 2. The molecule has 2 aromatic rings. The van der Waals surface area contributed by atoms with Gasteiger partial charge in [0.15, 0.2) is 6.10 Å². The summed E-state index contributed by atoms with van der Waals surface area (Å²) in [4.78, 5) is 33.6. The maximum atomic E-state index is 13.3. The van der Waals surface area contributed by atoms with E-state index in [0.717, 1.165) is 5.56 Å². The van der Waals surface area contributed by atoms with Crippen LogP contribution in [0.2, 0.25) is 5.02 Å². The smallest absolute Gasteiger partial charge is 0.262 e. The molecule has 30 heavy (non-hydrogen) atoms. The van der Waals surface area contributed by atoms with Crippen LogP contribution >= 0.6 is 11.6 Å². The molecule has 158 valence electrons. The summed E-state index contributed by atoms with van der Waals surface area (Å²) < 4.78 is 10.9. The highest BCUT2D eigenvalue weighted by atomic mass is 35.5. The molecule has 2 fully saturated rings. The van der Waals surface area contributed by atoms with Crippen molar-refractivity contribution in [1.82, 2.24) is 4.90 Å². The number of halogens is 1. The summed E-state index contributed by atoms with van der Waals surface area (Å²) in [6.45, 7) is 3.63. The van der Waals surface area contributed by atoms with E-state index >= 15 is 0 Å². The zero-order chi connectivity index (χ0) is 21.6. The van der Waals surface area contributed by atoms with Gasteiger partial charge < -0.3 is 9.47 Å². The van der Waals surface area contributed by atoms with Crippen LogP contribution in [-0.4, -0.2) is 43.1 Å². The number of nitrogens with zero attached hydrogens (tertiary/aromatic N) is 2. The lowest BCUT2D eigenvalue weighted by Crippen LogP contribution is -2.41. The number of likely N-dealkylation sites (tertiary alicyclic amines) is 1. The molecule has 0 radical (unpaired) electrons. The van der Waals surface area contributed by atoms with Crippen LogP contribution in [0.5, 0.6) is 11.5 Å². The van der Waals surface area contributed by atoms with Gasteiger partial charge in [-0.2, -0.15) is 0 Å². The highest BCUT2D eigenvalue weighted by molar-refractivity contribution is 6.30. The van der Waals surface area contributed by atoms with Crippen molar-refractivity contribution in [3.8, 4) is 11.5 Å². The zero-order valence-electron chi connectivity index (χ0n) is 17.2. The minimum Gasteiger partial charge on any atom is -0.497 e. The van der Waals surface area contributed by atoms with E-state index in [1.165, 1.54) is 4.90 Å². The number of carbonyl (C=O) groups excluding carboxylic acids is 2. The number of imide groups is 1. The fourth-order valence-electron chi connectivity index (χ4n) is 4.14. The van der Waals surface area contributed by atoms with Crippen LogP contribution in [-0.2, 0) is 14.4 Å². The molecule has 3 atom stereocenters. The second-order valence-electron chi connectivity index (χ2n) is 7.55. The first-order chi connectivity index (χ1) is 14.4. The van der Waals surface area contributed by atoms with Gasteiger partial charge >= 0.3 is 0 Å². The summed E-state index contributed by atoms with van der Waals surface area (Å²) in [6, 6.07) is 11.6. The molecule has 0 saturated carbocycles. The zero-order valence-corrected chi connectivity index (χ0v) is 17.9. The van der Waals surface area contributed by atoms with Crippen LogP contribution in [0.1, 0.15) is 25.5 Å². The van der Waals surface area contributed by atoms with Gasteiger partial charge in [0.25, 0.3) is 5.91 Å². The lowest BCUT2D eigenvalue weighted by atomic mass is 9.90. The number of ether oxygens (including phenoxy) is 2. The Balaban J connectivity index is 1.84. The first kappa shape index (κ1) is 20.5. The fraction of sp³-hybridized carbons (Fsp3) is 0.364. The van der Waals surface area contributed by atoms with Crippen molar-refractivity contribution in [2.75, 3.05) is 19.3 Å². The Hall–Kier alpha value is -2.77. The van der Waals surface area contributed by atoms with Crippen LogP contribution < -0.4 is 14.5 Å². The third kappa shape index (κ3) is 3.18. The van der Waals surface area contributed by atoms with Gasteiger partial charge in [-0.3, -0.25) is 19.3 Å². The summed E-state index contributed by atoms with van der Waals surface area (Å²) in [6.07, 6.45) is -0.896. The molecule has 2 aromatic carbocycles. The Morgan fingerprint density at radius 3 is 2.30 bits per heavy atom. The lowest BCUT2D eigenvalue weighted by molar-refractivity contribution is -0.145. The largest absolute Gasteiger partial charge is 0.497 e. The molecule has 2 amide bonds. The summed E-state index contributed by atoms with van der Waals surface area (Å²) in [5.74, 6) is -0.0984. The van der Waals surface area contributed by atoms with Crippen molar-refractivity contribution in [2.24, 2.45) is 5.92 Å². The predicted molar refractivity (Wildman–Crippen MR) is 112 cm³/mol. The molecule has 0 N–H and O–H groups in total. The van der Waals surface area contributed by atoms with Crippen LogP contribution in [0, 0.1) is 5.92 Å². The molecule has 8 heteroatoms. The van der Waals surface area contributed by atoms with Crippen molar-refractivity contribution in [2.45, 2.75) is 32.0 Å². The van der Waals surface area contributed by atoms with Crippen molar-refractivity contribution < 1.29 is 23.9 Å². The van der Waals surface area contributed by atoms with E-state index < -0.39 is 18.1 Å². The molecule has 2 aliphatic heterocycles. The van der Waals surface area contributed by atoms with E-state index in [-0.39, 0.29) is 17.9 Å². The van der Waals surface area contributed by atoms with E-state index in [4.69, 9.17) is 25.9 Å². The molecule has 7 nitrogen and oxygen atoms in total. The van der Waals surface area contributed by atoms with Gasteiger partial charge in [-0.25, -0.2) is 5.06 Å². The number of hydroxylamine groups is 1. The van der Waals surface area contributed by atoms with Crippen LogP contribution in [0.15, 0.2) is 42.5 Å². The van der Waals surface area contributed by atoms with E-state index in [9.17, 15) is 9.59 Å². The molecule has 0 spiro atoms. The number of rotatable bonds is 5. The maximum Gasteiger partial charge on any atom is 0.262 e. The van der Waals surface area contributed by atoms with Crippen molar-refractivity contribution in [3.05, 3.63) is 53.1 Å². The highest BCUT2D eigenvalue weighted by Gasteiger charge is 2.60. The summed E-state index contributed by atoms with van der Waals surface area (Å²) >= 11 is 6.04. The Labute approximate surface area is 180 Å². The van der Waals surface area contributed by atoms with Crippen LogP contribution in [0.3, 0.4) is 0 Å². The second-order valence-corrected chi connectivity index (χ2v) is 7.98. The third-order valence-corrected chi connectivity index (χ3v) is 5.76. The molecule has 4 rings (SSSR count). The Morgan fingerprint density at radius 2 is 1.70 bits per heavy atom. The summed E-state index contributed by atoms with van der Waals surface area (Å²) in [7, 11) is 3.13. The summed E-state index contributed by atoms with van der Waals surface area (Å²) in [5, 5.41) is 2.19. The Morgan fingerprint density at radius 1 is 1.00 bits per heavy atom. The number of methoxy groups -OCH3 is 2. The van der Waals surface area contributed by atoms with Crippen molar-refractivity contribution in [1.29, 1.82) is 0 Å². The number of anilines is 1. The van der Waals surface area contributed by atoms with E-state index in [0.29, 0.717) is 22.2 Å². The minimum atomic E-state index is -0.896.